The molecule has 0 aliphatic carbocycles. The van der Waals surface area contributed by atoms with Gasteiger partial charge in [-0.15, -0.1) is 0 Å². The average Bonchev–Trinajstić information content (AvgIpc) is 2.39. The fraction of sp³-hybridized carbons (Fsp3) is 0.0667. The van der Waals surface area contributed by atoms with Crippen LogP contribution < -0.4 is 5.32 Å². The van der Waals surface area contributed by atoms with Gasteiger partial charge in [0.25, 0.3) is 5.91 Å². The van der Waals surface area contributed by atoms with Crippen LogP contribution in [0.5, 0.6) is 0 Å². The topological polar surface area (TPSA) is 58.5 Å². The van der Waals surface area contributed by atoms with E-state index in [0.29, 0.717) is 11.3 Å². The Hall–Kier alpha value is -2.71. The summed E-state index contributed by atoms with van der Waals surface area (Å²) in [5, 5.41) is 2.79. The van der Waals surface area contributed by atoms with Crippen molar-refractivity contribution >= 4 is 23.4 Å². The second kappa shape index (κ2) is 5.76. The van der Waals surface area contributed by atoms with Gasteiger partial charge in [0, 0.05) is 11.3 Å². The van der Waals surface area contributed by atoms with Crippen LogP contribution in [0.2, 0.25) is 0 Å². The molecule has 0 bridgehead atoms. The molecule has 0 aromatic heterocycles. The molecule has 0 fully saturated rings. The van der Waals surface area contributed by atoms with Crippen LogP contribution in [0.25, 0.3) is 0 Å². The zero-order valence-electron chi connectivity index (χ0n) is 10.4. The number of hydrogen-bond donors (Lipinski definition) is 1. The summed E-state index contributed by atoms with van der Waals surface area (Å²) in [5.41, 5.74) is 2.65. The van der Waals surface area contributed by atoms with Crippen LogP contribution in [0.1, 0.15) is 15.9 Å². The maximum atomic E-state index is 12.0. The van der Waals surface area contributed by atoms with E-state index in [4.69, 9.17) is 0 Å². The summed E-state index contributed by atoms with van der Waals surface area (Å²) in [6, 6.07) is 14.0. The Labute approximate surface area is 110 Å². The zero-order chi connectivity index (χ0) is 13.7. The number of amides is 1. The fourth-order valence-electron chi connectivity index (χ4n) is 1.70. The molecule has 0 saturated carbocycles. The van der Waals surface area contributed by atoms with E-state index in [2.05, 4.69) is 10.3 Å². The number of nitrogens with zero attached hydrogens (tertiary/aromatic N) is 1. The van der Waals surface area contributed by atoms with Crippen molar-refractivity contribution in [2.45, 2.75) is 6.92 Å². The van der Waals surface area contributed by atoms with Crippen molar-refractivity contribution in [3.63, 3.8) is 0 Å². The van der Waals surface area contributed by atoms with Gasteiger partial charge in [0.1, 0.15) is 0 Å². The van der Waals surface area contributed by atoms with E-state index < -0.39 is 0 Å². The predicted octanol–water partition coefficient (Wildman–Crippen LogP) is 3.21. The van der Waals surface area contributed by atoms with Gasteiger partial charge in [-0.25, -0.2) is 4.79 Å². The van der Waals surface area contributed by atoms with Crippen molar-refractivity contribution < 1.29 is 9.59 Å². The molecular formula is C15H12N2O2. The molecule has 1 amide bonds. The minimum Gasteiger partial charge on any atom is -0.322 e. The first-order valence-corrected chi connectivity index (χ1v) is 5.75. The molecule has 0 aliphatic heterocycles. The van der Waals surface area contributed by atoms with E-state index in [-0.39, 0.29) is 5.91 Å². The summed E-state index contributed by atoms with van der Waals surface area (Å²) < 4.78 is 0. The number of isocyanates is 1. The molecule has 0 radical (unpaired) electrons. The predicted molar refractivity (Wildman–Crippen MR) is 73.4 cm³/mol. The summed E-state index contributed by atoms with van der Waals surface area (Å²) in [6.07, 6.45) is 1.45. The lowest BCUT2D eigenvalue weighted by atomic mass is 10.1. The van der Waals surface area contributed by atoms with Gasteiger partial charge in [0.05, 0.1) is 5.69 Å². The molecule has 0 aliphatic rings. The van der Waals surface area contributed by atoms with E-state index in [1.54, 1.807) is 18.2 Å². The molecule has 0 unspecified atom stereocenters. The number of nitrogens with one attached hydrogen (secondary N) is 1. The van der Waals surface area contributed by atoms with Gasteiger partial charge in [0.2, 0.25) is 6.08 Å². The van der Waals surface area contributed by atoms with E-state index in [9.17, 15) is 9.59 Å². The van der Waals surface area contributed by atoms with Crippen molar-refractivity contribution in [2.24, 2.45) is 4.99 Å². The number of carbonyl (C=O) groups excluding carboxylic acids is 2. The second-order valence-corrected chi connectivity index (χ2v) is 4.08. The van der Waals surface area contributed by atoms with Crippen LogP contribution in [-0.4, -0.2) is 12.0 Å². The summed E-state index contributed by atoms with van der Waals surface area (Å²) in [4.78, 5) is 25.7. The fourth-order valence-corrected chi connectivity index (χ4v) is 1.70. The number of rotatable bonds is 3. The van der Waals surface area contributed by atoms with Gasteiger partial charge in [0.15, 0.2) is 0 Å². The third kappa shape index (κ3) is 3.37. The molecule has 2 rings (SSSR count). The third-order valence-corrected chi connectivity index (χ3v) is 2.56. The molecule has 1 N–H and O–H groups in total. The summed E-state index contributed by atoms with van der Waals surface area (Å²) in [5.74, 6) is -0.242. The van der Waals surface area contributed by atoms with Crippen molar-refractivity contribution in [2.75, 3.05) is 5.32 Å². The third-order valence-electron chi connectivity index (χ3n) is 2.56. The van der Waals surface area contributed by atoms with Gasteiger partial charge >= 0.3 is 0 Å². The highest BCUT2D eigenvalue weighted by Gasteiger charge is 2.06. The Morgan fingerprint density at radius 3 is 2.68 bits per heavy atom. The highest BCUT2D eigenvalue weighted by Crippen LogP contribution is 2.16. The molecule has 0 atom stereocenters. The van der Waals surface area contributed by atoms with Crippen LogP contribution in [0.15, 0.2) is 53.5 Å². The summed E-state index contributed by atoms with van der Waals surface area (Å²) >= 11 is 0. The largest absolute Gasteiger partial charge is 0.322 e. The van der Waals surface area contributed by atoms with Crippen LogP contribution in [-0.2, 0) is 4.79 Å². The monoisotopic (exact) mass is 252 g/mol. The van der Waals surface area contributed by atoms with E-state index >= 15 is 0 Å². The Morgan fingerprint density at radius 1 is 1.16 bits per heavy atom. The normalized spacial score (nSPS) is 9.53. The lowest BCUT2D eigenvalue weighted by Crippen LogP contribution is -2.11. The molecule has 0 saturated heterocycles. The lowest BCUT2D eigenvalue weighted by molar-refractivity contribution is 0.102. The van der Waals surface area contributed by atoms with Crippen molar-refractivity contribution in [3.8, 4) is 0 Å². The molecular weight excluding hydrogens is 240 g/mol. The number of hydrogen-bond acceptors (Lipinski definition) is 3. The minimum absolute atomic E-state index is 0.242. The quantitative estimate of drug-likeness (QED) is 0.673. The second-order valence-electron chi connectivity index (χ2n) is 4.08. The van der Waals surface area contributed by atoms with Gasteiger partial charge in [-0.1, -0.05) is 18.2 Å². The number of aryl methyl sites for hydroxylation is 1. The number of carbonyl (C=O) groups is 1. The molecule has 2 aromatic rings. The highest BCUT2D eigenvalue weighted by atomic mass is 16.1. The van der Waals surface area contributed by atoms with Gasteiger partial charge < -0.3 is 5.32 Å². The van der Waals surface area contributed by atoms with Crippen molar-refractivity contribution in [3.05, 3.63) is 59.7 Å². The molecule has 19 heavy (non-hydrogen) atoms. The smallest absolute Gasteiger partial charge is 0.255 e. The molecule has 4 heteroatoms. The molecule has 4 nitrogen and oxygen atoms in total. The molecule has 0 heterocycles. The summed E-state index contributed by atoms with van der Waals surface area (Å²) in [7, 11) is 0. The first kappa shape index (κ1) is 12.7. The Balaban J connectivity index is 2.20. The maximum absolute atomic E-state index is 12.0. The Morgan fingerprint density at radius 2 is 1.95 bits per heavy atom. The van der Waals surface area contributed by atoms with E-state index in [1.165, 1.54) is 12.1 Å². The van der Waals surface area contributed by atoms with Crippen molar-refractivity contribution in [1.29, 1.82) is 0 Å². The number of anilines is 1. The zero-order valence-corrected chi connectivity index (χ0v) is 10.4. The minimum atomic E-state index is -0.242. The first-order valence-electron chi connectivity index (χ1n) is 5.75. The lowest BCUT2D eigenvalue weighted by Gasteiger charge is -2.06. The van der Waals surface area contributed by atoms with Crippen LogP contribution in [0.3, 0.4) is 0 Å². The SMILES string of the molecule is Cc1cccc(NC(=O)c2cccc(N=C=O)c2)c1. The Bertz CT molecular complexity index is 659. The average molecular weight is 252 g/mol. The van der Waals surface area contributed by atoms with Crippen molar-refractivity contribution in [1.82, 2.24) is 0 Å². The molecule has 2 aromatic carbocycles. The van der Waals surface area contributed by atoms with Gasteiger partial charge in [-0.05, 0) is 42.8 Å². The van der Waals surface area contributed by atoms with Gasteiger partial charge in [-0.3, -0.25) is 4.79 Å². The van der Waals surface area contributed by atoms with Crippen LogP contribution in [0.4, 0.5) is 11.4 Å². The number of benzene rings is 2. The first-order chi connectivity index (χ1) is 9.19. The number of aliphatic imine (C=N–C) groups is 1. The summed E-state index contributed by atoms with van der Waals surface area (Å²) in [6.45, 7) is 1.95. The standard InChI is InChI=1S/C15H12N2O2/c1-11-4-2-7-14(8-11)17-15(19)12-5-3-6-13(9-12)16-10-18/h2-9H,1H3,(H,17,19). The van der Waals surface area contributed by atoms with Crippen LogP contribution in [0, 0.1) is 6.92 Å². The van der Waals surface area contributed by atoms with E-state index in [0.717, 1.165) is 11.3 Å². The maximum Gasteiger partial charge on any atom is 0.255 e. The van der Waals surface area contributed by atoms with Crippen LogP contribution >= 0.6 is 0 Å². The van der Waals surface area contributed by atoms with E-state index in [1.807, 2.05) is 31.2 Å². The molecule has 0 spiro atoms. The molecule has 94 valence electrons. The highest BCUT2D eigenvalue weighted by molar-refractivity contribution is 6.04. The Kier molecular flexibility index (Phi) is 3.86. The van der Waals surface area contributed by atoms with Gasteiger partial charge in [-0.2, -0.15) is 4.99 Å².